The number of nitrogens with zero attached hydrogens (tertiary/aromatic N) is 1. The van der Waals surface area contributed by atoms with Crippen molar-refractivity contribution in [2.75, 3.05) is 20.2 Å². The molecule has 2 amide bonds. The third-order valence-corrected chi connectivity index (χ3v) is 5.93. The predicted molar refractivity (Wildman–Crippen MR) is 121 cm³/mol. The Morgan fingerprint density at radius 2 is 1.59 bits per heavy atom. The molecule has 1 atom stereocenters. The molecule has 170 valence electrons. The standard InChI is InChI=1S/C25H30N2O5/c1-16(2)22(14-23(28)27(3)13-12-24(29)30)26-25(31)32-15-21-19-10-6-4-8-17(19)18-9-5-7-11-20(18)21/h4-11,16,21-22H,12-15H2,1-3H3,(H,26,31)(H,29,30)/t22-/m1/s1. The van der Waals surface area contributed by atoms with Crippen LogP contribution in [0, 0.1) is 5.92 Å². The van der Waals surface area contributed by atoms with Crippen LogP contribution in [-0.4, -0.2) is 54.2 Å². The molecular weight excluding hydrogens is 408 g/mol. The van der Waals surface area contributed by atoms with Crippen molar-refractivity contribution in [1.82, 2.24) is 10.2 Å². The molecule has 2 aromatic rings. The van der Waals surface area contributed by atoms with Crippen LogP contribution in [0.3, 0.4) is 0 Å². The van der Waals surface area contributed by atoms with Crippen molar-refractivity contribution in [3.8, 4) is 11.1 Å². The molecule has 0 saturated heterocycles. The first-order valence-corrected chi connectivity index (χ1v) is 10.8. The highest BCUT2D eigenvalue weighted by Crippen LogP contribution is 2.44. The fraction of sp³-hybridized carbons (Fsp3) is 0.400. The van der Waals surface area contributed by atoms with E-state index in [1.807, 2.05) is 38.1 Å². The number of ether oxygens (including phenoxy) is 1. The summed E-state index contributed by atoms with van der Waals surface area (Å²) in [4.78, 5) is 37.1. The van der Waals surface area contributed by atoms with Gasteiger partial charge in [-0.05, 0) is 28.2 Å². The van der Waals surface area contributed by atoms with Gasteiger partial charge in [-0.3, -0.25) is 9.59 Å². The first-order chi connectivity index (χ1) is 15.3. The number of carboxylic acids is 1. The van der Waals surface area contributed by atoms with E-state index >= 15 is 0 Å². The minimum Gasteiger partial charge on any atom is -0.481 e. The first-order valence-electron chi connectivity index (χ1n) is 10.8. The van der Waals surface area contributed by atoms with Crippen LogP contribution in [0.15, 0.2) is 48.5 Å². The Labute approximate surface area is 188 Å². The number of carbonyl (C=O) groups is 3. The maximum absolute atomic E-state index is 12.6. The number of alkyl carbamates (subject to hydrolysis) is 1. The summed E-state index contributed by atoms with van der Waals surface area (Å²) in [6.07, 6.45) is -0.599. The zero-order chi connectivity index (χ0) is 23.3. The van der Waals surface area contributed by atoms with Gasteiger partial charge in [0.1, 0.15) is 6.61 Å². The van der Waals surface area contributed by atoms with Crippen molar-refractivity contribution < 1.29 is 24.2 Å². The average Bonchev–Trinajstić information content (AvgIpc) is 3.09. The van der Waals surface area contributed by atoms with Crippen LogP contribution in [0.4, 0.5) is 4.79 Å². The topological polar surface area (TPSA) is 95.9 Å². The van der Waals surface area contributed by atoms with Crippen molar-refractivity contribution >= 4 is 18.0 Å². The van der Waals surface area contributed by atoms with Crippen LogP contribution < -0.4 is 5.32 Å². The number of carboxylic acid groups (broad SMARTS) is 1. The number of hydrogen-bond acceptors (Lipinski definition) is 4. The lowest BCUT2D eigenvalue weighted by Gasteiger charge is -2.25. The lowest BCUT2D eigenvalue weighted by molar-refractivity contribution is -0.138. The molecule has 0 aromatic heterocycles. The van der Waals surface area contributed by atoms with Gasteiger partial charge >= 0.3 is 12.1 Å². The molecule has 0 radical (unpaired) electrons. The van der Waals surface area contributed by atoms with E-state index in [1.54, 1.807) is 7.05 Å². The molecule has 0 bridgehead atoms. The van der Waals surface area contributed by atoms with Gasteiger partial charge in [0.25, 0.3) is 0 Å². The maximum Gasteiger partial charge on any atom is 0.407 e. The molecule has 2 aromatic carbocycles. The quantitative estimate of drug-likeness (QED) is 0.620. The number of rotatable bonds is 9. The lowest BCUT2D eigenvalue weighted by Crippen LogP contribution is -2.43. The second-order valence-electron chi connectivity index (χ2n) is 8.48. The number of fused-ring (bicyclic) bond motifs is 3. The van der Waals surface area contributed by atoms with Crippen molar-refractivity contribution in [3.63, 3.8) is 0 Å². The van der Waals surface area contributed by atoms with Crippen molar-refractivity contribution in [2.24, 2.45) is 5.92 Å². The summed E-state index contributed by atoms with van der Waals surface area (Å²) >= 11 is 0. The van der Waals surface area contributed by atoms with Gasteiger partial charge in [0.2, 0.25) is 5.91 Å². The average molecular weight is 439 g/mol. The molecule has 0 heterocycles. The van der Waals surface area contributed by atoms with Crippen LogP contribution in [-0.2, 0) is 14.3 Å². The lowest BCUT2D eigenvalue weighted by atomic mass is 9.98. The van der Waals surface area contributed by atoms with Crippen LogP contribution in [0.5, 0.6) is 0 Å². The molecule has 0 saturated carbocycles. The minimum absolute atomic E-state index is 0.00677. The van der Waals surface area contributed by atoms with E-state index < -0.39 is 18.1 Å². The van der Waals surface area contributed by atoms with Gasteiger partial charge in [-0.2, -0.15) is 0 Å². The number of nitrogens with one attached hydrogen (secondary N) is 1. The van der Waals surface area contributed by atoms with Crippen LogP contribution in [0.25, 0.3) is 11.1 Å². The Morgan fingerprint density at radius 3 is 2.12 bits per heavy atom. The number of amides is 2. The Hall–Kier alpha value is -3.35. The van der Waals surface area contributed by atoms with Gasteiger partial charge < -0.3 is 20.1 Å². The monoisotopic (exact) mass is 438 g/mol. The summed E-state index contributed by atoms with van der Waals surface area (Å²) in [5, 5.41) is 11.6. The Balaban J connectivity index is 1.59. The summed E-state index contributed by atoms with van der Waals surface area (Å²) in [5.74, 6) is -1.20. The highest BCUT2D eigenvalue weighted by Gasteiger charge is 2.29. The summed E-state index contributed by atoms with van der Waals surface area (Å²) in [5.41, 5.74) is 4.59. The Kier molecular flexibility index (Phi) is 7.51. The number of carbonyl (C=O) groups excluding carboxylic acids is 2. The molecule has 7 nitrogen and oxygen atoms in total. The molecule has 3 rings (SSSR count). The number of hydrogen-bond donors (Lipinski definition) is 2. The van der Waals surface area contributed by atoms with E-state index in [4.69, 9.17) is 9.84 Å². The van der Waals surface area contributed by atoms with E-state index in [9.17, 15) is 14.4 Å². The van der Waals surface area contributed by atoms with Gasteiger partial charge in [0, 0.05) is 32.0 Å². The Bertz CT molecular complexity index is 942. The summed E-state index contributed by atoms with van der Waals surface area (Å²) < 4.78 is 5.59. The molecule has 0 aliphatic heterocycles. The summed E-state index contributed by atoms with van der Waals surface area (Å²) in [6.45, 7) is 4.17. The largest absolute Gasteiger partial charge is 0.481 e. The summed E-state index contributed by atoms with van der Waals surface area (Å²) in [6, 6.07) is 15.8. The Morgan fingerprint density at radius 1 is 1.03 bits per heavy atom. The van der Waals surface area contributed by atoms with E-state index in [0.29, 0.717) is 0 Å². The fourth-order valence-electron chi connectivity index (χ4n) is 3.98. The first kappa shape index (κ1) is 23.3. The van der Waals surface area contributed by atoms with Crippen LogP contribution in [0.1, 0.15) is 43.7 Å². The molecule has 2 N–H and O–H groups in total. The van der Waals surface area contributed by atoms with E-state index in [2.05, 4.69) is 29.6 Å². The van der Waals surface area contributed by atoms with E-state index in [1.165, 1.54) is 4.90 Å². The zero-order valence-electron chi connectivity index (χ0n) is 18.7. The fourth-order valence-corrected chi connectivity index (χ4v) is 3.98. The summed E-state index contributed by atoms with van der Waals surface area (Å²) in [7, 11) is 1.57. The predicted octanol–water partition coefficient (Wildman–Crippen LogP) is 3.87. The maximum atomic E-state index is 12.6. The SMILES string of the molecule is CC(C)[C@@H](CC(=O)N(C)CCC(=O)O)NC(=O)OCC1c2ccccc2-c2ccccc21. The third kappa shape index (κ3) is 5.46. The molecule has 0 fully saturated rings. The minimum atomic E-state index is -0.957. The molecule has 0 spiro atoms. The molecule has 1 aliphatic carbocycles. The molecule has 7 heteroatoms. The van der Waals surface area contributed by atoms with E-state index in [-0.39, 0.29) is 43.7 Å². The van der Waals surface area contributed by atoms with Gasteiger partial charge in [0.05, 0.1) is 6.42 Å². The van der Waals surface area contributed by atoms with E-state index in [0.717, 1.165) is 22.3 Å². The number of benzene rings is 2. The molecule has 32 heavy (non-hydrogen) atoms. The molecule has 0 unspecified atom stereocenters. The second kappa shape index (κ2) is 10.3. The van der Waals surface area contributed by atoms with Crippen molar-refractivity contribution in [1.29, 1.82) is 0 Å². The zero-order valence-corrected chi connectivity index (χ0v) is 18.7. The highest BCUT2D eigenvalue weighted by atomic mass is 16.5. The van der Waals surface area contributed by atoms with Gasteiger partial charge in [-0.15, -0.1) is 0 Å². The normalized spacial score (nSPS) is 13.2. The van der Waals surface area contributed by atoms with Gasteiger partial charge in [0.15, 0.2) is 0 Å². The molecule has 1 aliphatic rings. The van der Waals surface area contributed by atoms with Crippen molar-refractivity contribution in [3.05, 3.63) is 59.7 Å². The smallest absolute Gasteiger partial charge is 0.407 e. The van der Waals surface area contributed by atoms with Crippen LogP contribution >= 0.6 is 0 Å². The van der Waals surface area contributed by atoms with Crippen molar-refractivity contribution in [2.45, 2.75) is 38.6 Å². The van der Waals surface area contributed by atoms with Gasteiger partial charge in [-0.25, -0.2) is 4.79 Å². The highest BCUT2D eigenvalue weighted by molar-refractivity contribution is 5.80. The third-order valence-electron chi connectivity index (χ3n) is 5.93. The van der Waals surface area contributed by atoms with Crippen LogP contribution in [0.2, 0.25) is 0 Å². The van der Waals surface area contributed by atoms with Gasteiger partial charge in [-0.1, -0.05) is 62.4 Å². The second-order valence-corrected chi connectivity index (χ2v) is 8.48. The number of aliphatic carboxylic acids is 1. The molecular formula is C25H30N2O5.